The first-order valence-corrected chi connectivity index (χ1v) is 32.8. The molecule has 1 aromatic heterocycles. The van der Waals surface area contributed by atoms with E-state index in [4.69, 9.17) is 32.8 Å². The minimum atomic E-state index is -1.42. The number of nitrogens with zero attached hydrogens (tertiary/aromatic N) is 2. The van der Waals surface area contributed by atoms with Crippen LogP contribution in [0.3, 0.4) is 0 Å². The molecule has 8 aromatic rings. The summed E-state index contributed by atoms with van der Waals surface area (Å²) in [6.07, 6.45) is 13.5. The molecule has 0 saturated heterocycles. The number of hydrogen-bond acceptors (Lipinski definition) is 13. The molecule has 496 valence electrons. The van der Waals surface area contributed by atoms with Gasteiger partial charge in [-0.25, -0.2) is 4.79 Å². The lowest BCUT2D eigenvalue weighted by Gasteiger charge is -2.39. The third-order valence-corrected chi connectivity index (χ3v) is 17.0. The number of unbranched alkanes of at least 4 members (excludes halogenated alkanes) is 2. The van der Waals surface area contributed by atoms with Crippen LogP contribution in [-0.4, -0.2) is 67.6 Å². The van der Waals surface area contributed by atoms with Crippen LogP contribution < -0.4 is 9.47 Å². The fourth-order valence-electron chi connectivity index (χ4n) is 11.4. The van der Waals surface area contributed by atoms with Crippen molar-refractivity contribution >= 4 is 54.3 Å². The highest BCUT2D eigenvalue weighted by Gasteiger charge is 2.50. The van der Waals surface area contributed by atoms with Crippen LogP contribution in [0.4, 0.5) is 0 Å². The molecule has 8 rings (SSSR count). The van der Waals surface area contributed by atoms with Gasteiger partial charge >= 0.3 is 23.9 Å². The van der Waals surface area contributed by atoms with E-state index in [9.17, 15) is 19.2 Å². The molecular weight excluding hydrogens is 1190 g/mol. The third kappa shape index (κ3) is 20.4. The second-order valence-corrected chi connectivity index (χ2v) is 27.5. The van der Waals surface area contributed by atoms with E-state index in [1.54, 1.807) is 40.9 Å². The van der Waals surface area contributed by atoms with Crippen LogP contribution in [0, 0.1) is 16.2 Å². The molecule has 0 bridgehead atoms. The molecule has 0 aliphatic carbocycles. The highest BCUT2D eigenvalue weighted by atomic mass is 16.6. The van der Waals surface area contributed by atoms with Crippen molar-refractivity contribution in [3.8, 4) is 45.5 Å². The topological polar surface area (TPSA) is 163 Å². The molecule has 0 amide bonds. The van der Waals surface area contributed by atoms with Gasteiger partial charge in [0.2, 0.25) is 11.8 Å². The Hall–Kier alpha value is -9.62. The SMILES string of the molecule is CCC(C)(CC(C)(CC(C)(C)C(=O)OCCCCCOc1cc(/C=C/c2ccc(C(C)(C)C)c(OC)c2)ccc1/C=C/c1ccc(C(C)(C)C)cc1)C(=O)OCCOC(=O)/C=C/c1ccccc1)C(=O)OCc1ccc(-c2nnc(-c3ccc(-c4ccccc4)cc3)o2)cc1. The Morgan fingerprint density at radius 2 is 0.979 bits per heavy atom. The van der Waals surface area contributed by atoms with Crippen molar-refractivity contribution < 1.29 is 52.0 Å². The number of rotatable bonds is 30. The lowest BCUT2D eigenvalue weighted by Crippen LogP contribution is -2.44. The average Bonchev–Trinajstić information content (AvgIpc) is 1.16. The highest BCUT2D eigenvalue weighted by molar-refractivity contribution is 5.87. The van der Waals surface area contributed by atoms with Gasteiger partial charge in [0.05, 0.1) is 36.6 Å². The molecule has 0 aliphatic heterocycles. The number of ether oxygens (including phenoxy) is 6. The summed E-state index contributed by atoms with van der Waals surface area (Å²) in [5.74, 6) is 0.0443. The monoisotopic (exact) mass is 1280 g/mol. The van der Waals surface area contributed by atoms with E-state index in [0.29, 0.717) is 55.2 Å². The van der Waals surface area contributed by atoms with Crippen LogP contribution in [0.2, 0.25) is 0 Å². The second-order valence-electron chi connectivity index (χ2n) is 27.5. The lowest BCUT2D eigenvalue weighted by atomic mass is 9.65. The minimum absolute atomic E-state index is 0.0280. The Morgan fingerprint density at radius 3 is 1.60 bits per heavy atom. The molecule has 7 aromatic carbocycles. The Morgan fingerprint density at radius 1 is 0.453 bits per heavy atom. The highest BCUT2D eigenvalue weighted by Crippen LogP contribution is 2.46. The van der Waals surface area contributed by atoms with Gasteiger partial charge in [-0.2, -0.15) is 0 Å². The fourth-order valence-corrected chi connectivity index (χ4v) is 11.4. The molecule has 0 radical (unpaired) electrons. The van der Waals surface area contributed by atoms with E-state index in [1.807, 2.05) is 104 Å². The summed E-state index contributed by atoms with van der Waals surface area (Å²) >= 11 is 0. The van der Waals surface area contributed by atoms with Crippen molar-refractivity contribution in [3.63, 3.8) is 0 Å². The Kier molecular flexibility index (Phi) is 24.4. The maximum Gasteiger partial charge on any atom is 0.330 e. The van der Waals surface area contributed by atoms with Crippen molar-refractivity contribution in [2.24, 2.45) is 16.2 Å². The van der Waals surface area contributed by atoms with Gasteiger partial charge in [0.1, 0.15) is 31.3 Å². The van der Waals surface area contributed by atoms with Gasteiger partial charge < -0.3 is 32.8 Å². The summed E-state index contributed by atoms with van der Waals surface area (Å²) < 4.78 is 41.6. The number of carbonyl (C=O) groups is 4. The molecule has 0 aliphatic rings. The number of benzene rings is 7. The first kappa shape index (κ1) is 71.2. The average molecular weight is 1280 g/mol. The lowest BCUT2D eigenvalue weighted by molar-refractivity contribution is -0.171. The molecule has 13 heteroatoms. The number of esters is 4. The van der Waals surface area contributed by atoms with E-state index in [1.165, 1.54) is 11.6 Å². The molecule has 95 heavy (non-hydrogen) atoms. The first-order valence-electron chi connectivity index (χ1n) is 32.8. The van der Waals surface area contributed by atoms with Gasteiger partial charge in [-0.15, -0.1) is 10.2 Å². The zero-order valence-electron chi connectivity index (χ0n) is 57.3. The molecule has 2 atom stereocenters. The Labute approximate surface area is 561 Å². The van der Waals surface area contributed by atoms with Gasteiger partial charge in [0.25, 0.3) is 0 Å². The summed E-state index contributed by atoms with van der Waals surface area (Å²) in [6.45, 7) is 22.0. The van der Waals surface area contributed by atoms with Crippen LogP contribution in [0.25, 0.3) is 64.4 Å². The molecule has 0 saturated carbocycles. The smallest absolute Gasteiger partial charge is 0.330 e. The quantitative estimate of drug-likeness (QED) is 0.0138. The summed E-state index contributed by atoms with van der Waals surface area (Å²) in [4.78, 5) is 55.6. The molecule has 0 fully saturated rings. The van der Waals surface area contributed by atoms with E-state index in [-0.39, 0.29) is 50.1 Å². The number of methoxy groups -OCH3 is 1. The molecular formula is C82H92N2O11. The number of aromatic nitrogens is 2. The first-order chi connectivity index (χ1) is 45.3. The fraction of sp³-hybridized carbons (Fsp3) is 0.341. The summed E-state index contributed by atoms with van der Waals surface area (Å²) in [5.41, 5.74) is 7.81. The zero-order valence-corrected chi connectivity index (χ0v) is 57.3. The van der Waals surface area contributed by atoms with Crippen LogP contribution in [-0.2, 0) is 55.6 Å². The van der Waals surface area contributed by atoms with Crippen molar-refractivity contribution in [3.05, 3.63) is 220 Å². The van der Waals surface area contributed by atoms with Crippen molar-refractivity contribution in [2.75, 3.05) is 33.5 Å². The molecule has 13 nitrogen and oxygen atoms in total. The summed E-state index contributed by atoms with van der Waals surface area (Å²) in [6, 6.07) is 55.8. The van der Waals surface area contributed by atoms with E-state index < -0.39 is 40.1 Å². The van der Waals surface area contributed by atoms with Gasteiger partial charge in [-0.3, -0.25) is 14.4 Å². The van der Waals surface area contributed by atoms with Crippen molar-refractivity contribution in [1.29, 1.82) is 0 Å². The number of carbonyl (C=O) groups excluding carboxylic acids is 4. The predicted octanol–water partition coefficient (Wildman–Crippen LogP) is 18.9. The summed E-state index contributed by atoms with van der Waals surface area (Å²) in [7, 11) is 1.71. The molecule has 0 spiro atoms. The van der Waals surface area contributed by atoms with Gasteiger partial charge in [-0.05, 0) is 170 Å². The molecule has 1 heterocycles. The third-order valence-electron chi connectivity index (χ3n) is 17.0. The predicted molar refractivity (Wildman–Crippen MR) is 379 cm³/mol. The van der Waals surface area contributed by atoms with E-state index in [2.05, 4.69) is 149 Å². The van der Waals surface area contributed by atoms with Gasteiger partial charge in [0.15, 0.2) is 0 Å². The van der Waals surface area contributed by atoms with Gasteiger partial charge in [0, 0.05) is 22.8 Å². The minimum Gasteiger partial charge on any atom is -0.496 e. The number of hydrogen-bond donors (Lipinski definition) is 0. The largest absolute Gasteiger partial charge is 0.496 e. The Balaban J connectivity index is 0.883. The van der Waals surface area contributed by atoms with Crippen molar-refractivity contribution in [2.45, 2.75) is 132 Å². The van der Waals surface area contributed by atoms with E-state index >= 15 is 0 Å². The molecule has 0 N–H and O–H groups in total. The summed E-state index contributed by atoms with van der Waals surface area (Å²) in [5, 5.41) is 8.59. The van der Waals surface area contributed by atoms with Crippen molar-refractivity contribution in [1.82, 2.24) is 10.2 Å². The van der Waals surface area contributed by atoms with Crippen LogP contribution >= 0.6 is 0 Å². The van der Waals surface area contributed by atoms with E-state index in [0.717, 1.165) is 61.6 Å². The van der Waals surface area contributed by atoms with Crippen LogP contribution in [0.5, 0.6) is 11.5 Å². The maximum atomic E-state index is 14.5. The zero-order chi connectivity index (χ0) is 68.2. The normalized spacial score (nSPS) is 13.3. The van der Waals surface area contributed by atoms with Gasteiger partial charge in [-0.1, -0.05) is 206 Å². The second kappa shape index (κ2) is 32.5. The Bertz CT molecular complexity index is 3930. The van der Waals surface area contributed by atoms with Crippen LogP contribution in [0.1, 0.15) is 159 Å². The standard InChI is InChI=1S/C82H92N2O11/c1-13-81(10,76(87)94-55-62-31-39-66(40-32-62)73-83-84-74(95-73)67-43-41-64(42-44-67)63-25-19-15-20-26-63)57-82(11,77(88)93-52-51-91-72(85)48-36-58-23-17-14-18-24-58)56-80(8,9)75(86)92-50-22-16-21-49-90-70-53-60(27-28-61-35-47-69(79(5,6)7)71(54-61)89-12)30-38-65(70)37-29-59-33-45-68(46-34-59)78(2,3)4/h14-15,17-20,23-48,53-54H,13,16,21-22,49-52,55-57H2,1-12H3/b28-27+,37-29+,48-36+. The maximum absolute atomic E-state index is 14.5. The molecule has 2 unspecified atom stereocenters. The van der Waals surface area contributed by atoms with Crippen LogP contribution in [0.15, 0.2) is 180 Å².